The highest BCUT2D eigenvalue weighted by Gasteiger charge is 2.11. The van der Waals surface area contributed by atoms with E-state index in [9.17, 15) is 9.59 Å². The smallest absolute Gasteiger partial charge is 0.250 e. The molecule has 1 aromatic carbocycles. The van der Waals surface area contributed by atoms with Crippen LogP contribution in [-0.4, -0.2) is 35.3 Å². The van der Waals surface area contributed by atoms with E-state index >= 15 is 0 Å². The number of hydrogen-bond donors (Lipinski definition) is 2. The Kier molecular flexibility index (Phi) is 5.54. The molecule has 1 aromatic heterocycles. The fourth-order valence-corrected chi connectivity index (χ4v) is 2.18. The predicted molar refractivity (Wildman–Crippen MR) is 89.2 cm³/mol. The van der Waals surface area contributed by atoms with Crippen molar-refractivity contribution < 1.29 is 9.59 Å². The summed E-state index contributed by atoms with van der Waals surface area (Å²) in [5.74, 6) is -0.381. The number of primary amides is 1. The lowest BCUT2D eigenvalue weighted by molar-refractivity contribution is -0.128. The van der Waals surface area contributed by atoms with Crippen LogP contribution in [0.15, 0.2) is 42.6 Å². The molecule has 120 valence electrons. The topological polar surface area (TPSA) is 88.3 Å². The molecule has 23 heavy (non-hydrogen) atoms. The van der Waals surface area contributed by atoms with Gasteiger partial charge in [0, 0.05) is 19.8 Å². The monoisotopic (exact) mass is 332 g/mol. The van der Waals surface area contributed by atoms with E-state index < -0.39 is 5.91 Å². The van der Waals surface area contributed by atoms with E-state index in [1.54, 1.807) is 11.9 Å². The molecule has 0 saturated heterocycles. The number of nitrogens with one attached hydrogen (secondary N) is 1. The fraction of sp³-hybridized carbons (Fsp3) is 0.188. The van der Waals surface area contributed by atoms with E-state index in [0.29, 0.717) is 12.4 Å². The lowest BCUT2D eigenvalue weighted by Gasteiger charge is -2.18. The number of carbonyl (C=O) groups is 2. The molecule has 2 rings (SSSR count). The Hall–Kier alpha value is -2.60. The molecule has 0 fully saturated rings. The summed E-state index contributed by atoms with van der Waals surface area (Å²) in [5.41, 5.74) is 6.41. The van der Waals surface area contributed by atoms with Crippen LogP contribution in [0.25, 0.3) is 0 Å². The molecule has 0 unspecified atom stereocenters. The summed E-state index contributed by atoms with van der Waals surface area (Å²) in [6.45, 7) is 0.565. The minimum Gasteiger partial charge on any atom is -0.366 e. The van der Waals surface area contributed by atoms with Gasteiger partial charge >= 0.3 is 0 Å². The zero-order valence-corrected chi connectivity index (χ0v) is 13.4. The maximum Gasteiger partial charge on any atom is 0.250 e. The van der Waals surface area contributed by atoms with Crippen LogP contribution < -0.4 is 11.1 Å². The number of carbonyl (C=O) groups excluding carboxylic acids is 2. The van der Waals surface area contributed by atoms with Crippen LogP contribution in [0.5, 0.6) is 0 Å². The van der Waals surface area contributed by atoms with Crippen LogP contribution in [0.1, 0.15) is 15.9 Å². The predicted octanol–water partition coefficient (Wildman–Crippen LogP) is 1.90. The number of benzene rings is 1. The van der Waals surface area contributed by atoms with Crippen molar-refractivity contribution >= 4 is 29.2 Å². The molecular weight excluding hydrogens is 316 g/mol. The van der Waals surface area contributed by atoms with Gasteiger partial charge in [0.15, 0.2) is 0 Å². The summed E-state index contributed by atoms with van der Waals surface area (Å²) in [6, 6.07) is 11.1. The molecule has 2 amide bonds. The number of likely N-dealkylation sites (N-methyl/N-ethyl adjacent to an activating group) is 1. The minimum absolute atomic E-state index is 0.0476. The summed E-state index contributed by atoms with van der Waals surface area (Å²) >= 11 is 6.01. The van der Waals surface area contributed by atoms with E-state index in [-0.39, 0.29) is 23.0 Å². The van der Waals surface area contributed by atoms with Crippen LogP contribution >= 0.6 is 11.6 Å². The third-order valence-corrected chi connectivity index (χ3v) is 3.51. The first-order valence-corrected chi connectivity index (χ1v) is 7.32. The highest BCUT2D eigenvalue weighted by molar-refractivity contribution is 6.33. The number of rotatable bonds is 6. The quantitative estimate of drug-likeness (QED) is 0.845. The van der Waals surface area contributed by atoms with Crippen molar-refractivity contribution in [3.8, 4) is 0 Å². The molecule has 7 heteroatoms. The van der Waals surface area contributed by atoms with Gasteiger partial charge in [-0.2, -0.15) is 0 Å². The van der Waals surface area contributed by atoms with E-state index in [0.717, 1.165) is 5.56 Å². The van der Waals surface area contributed by atoms with E-state index in [4.69, 9.17) is 17.3 Å². The molecule has 2 aromatic rings. The van der Waals surface area contributed by atoms with Crippen molar-refractivity contribution in [2.45, 2.75) is 6.54 Å². The molecule has 1 heterocycles. The number of nitrogens with two attached hydrogens (primary N) is 1. The van der Waals surface area contributed by atoms with Crippen LogP contribution in [0.3, 0.4) is 0 Å². The maximum absolute atomic E-state index is 12.1. The lowest BCUT2D eigenvalue weighted by atomic mass is 10.2. The highest BCUT2D eigenvalue weighted by Crippen LogP contribution is 2.19. The third kappa shape index (κ3) is 4.69. The molecule has 0 spiro atoms. The first-order valence-electron chi connectivity index (χ1n) is 6.94. The van der Waals surface area contributed by atoms with Crippen molar-refractivity contribution in [3.63, 3.8) is 0 Å². The van der Waals surface area contributed by atoms with Crippen molar-refractivity contribution in [2.75, 3.05) is 18.9 Å². The SMILES string of the molecule is CN(Cc1ccccc1)C(=O)CNc1ncc(C(N)=O)cc1Cl. The van der Waals surface area contributed by atoms with Gasteiger partial charge in [-0.3, -0.25) is 9.59 Å². The molecule has 0 saturated carbocycles. The Labute approximate surface area is 139 Å². The molecule has 3 N–H and O–H groups in total. The van der Waals surface area contributed by atoms with Crippen molar-refractivity contribution in [1.29, 1.82) is 0 Å². The number of pyridine rings is 1. The third-order valence-electron chi connectivity index (χ3n) is 3.22. The second-order valence-corrected chi connectivity index (χ2v) is 5.41. The molecule has 0 bridgehead atoms. The van der Waals surface area contributed by atoms with Gasteiger partial charge in [-0.25, -0.2) is 4.98 Å². The Balaban J connectivity index is 1.92. The van der Waals surface area contributed by atoms with E-state index in [1.165, 1.54) is 12.3 Å². The standard InChI is InChI=1S/C16H17ClN4O2/c1-21(10-11-5-3-2-4-6-11)14(22)9-20-16-13(17)7-12(8-19-16)15(18)23/h2-8H,9-10H2,1H3,(H2,18,23)(H,19,20). The Morgan fingerprint density at radius 2 is 2.00 bits per heavy atom. The molecule has 0 aliphatic heterocycles. The zero-order chi connectivity index (χ0) is 16.8. The summed E-state index contributed by atoms with van der Waals surface area (Å²) in [5, 5.41) is 3.10. The Morgan fingerprint density at radius 3 is 2.61 bits per heavy atom. The highest BCUT2D eigenvalue weighted by atomic mass is 35.5. The van der Waals surface area contributed by atoms with Gasteiger partial charge in [-0.15, -0.1) is 0 Å². The molecule has 0 radical (unpaired) electrons. The first kappa shape index (κ1) is 16.8. The van der Waals surface area contributed by atoms with Gasteiger partial charge in [-0.05, 0) is 11.6 Å². The normalized spacial score (nSPS) is 10.2. The number of hydrogen-bond acceptors (Lipinski definition) is 4. The summed E-state index contributed by atoms with van der Waals surface area (Å²) < 4.78 is 0. The van der Waals surface area contributed by atoms with Crippen LogP contribution in [0.2, 0.25) is 5.02 Å². The molecule has 6 nitrogen and oxygen atoms in total. The largest absolute Gasteiger partial charge is 0.366 e. The van der Waals surface area contributed by atoms with Gasteiger partial charge in [0.05, 0.1) is 17.1 Å². The number of aromatic nitrogens is 1. The van der Waals surface area contributed by atoms with Crippen molar-refractivity contribution in [3.05, 3.63) is 58.7 Å². The maximum atomic E-state index is 12.1. The van der Waals surface area contributed by atoms with Crippen molar-refractivity contribution in [1.82, 2.24) is 9.88 Å². The van der Waals surface area contributed by atoms with Crippen LogP contribution in [0, 0.1) is 0 Å². The van der Waals surface area contributed by atoms with Crippen molar-refractivity contribution in [2.24, 2.45) is 5.73 Å². The van der Waals surface area contributed by atoms with Gasteiger partial charge in [0.25, 0.3) is 0 Å². The first-order chi connectivity index (χ1) is 11.0. The Bertz CT molecular complexity index is 706. The fourth-order valence-electron chi connectivity index (χ4n) is 1.94. The molecule has 0 aliphatic rings. The van der Waals surface area contributed by atoms with Crippen LogP contribution in [-0.2, 0) is 11.3 Å². The number of halogens is 1. The lowest BCUT2D eigenvalue weighted by Crippen LogP contribution is -2.32. The van der Waals surface area contributed by atoms with Gasteiger partial charge in [0.2, 0.25) is 11.8 Å². The zero-order valence-electron chi connectivity index (χ0n) is 12.6. The average Bonchev–Trinajstić information content (AvgIpc) is 2.54. The second-order valence-electron chi connectivity index (χ2n) is 5.01. The van der Waals surface area contributed by atoms with E-state index in [2.05, 4.69) is 10.3 Å². The second kappa shape index (κ2) is 7.60. The molecular formula is C16H17ClN4O2. The van der Waals surface area contributed by atoms with Gasteiger partial charge in [-0.1, -0.05) is 41.9 Å². The minimum atomic E-state index is -0.607. The number of nitrogens with zero attached hydrogens (tertiary/aromatic N) is 2. The van der Waals surface area contributed by atoms with E-state index in [1.807, 2.05) is 30.3 Å². The summed E-state index contributed by atoms with van der Waals surface area (Å²) in [7, 11) is 1.72. The molecule has 0 aliphatic carbocycles. The number of anilines is 1. The van der Waals surface area contributed by atoms with Gasteiger partial charge in [0.1, 0.15) is 5.82 Å². The number of amides is 2. The molecule has 0 atom stereocenters. The Morgan fingerprint density at radius 1 is 1.30 bits per heavy atom. The summed E-state index contributed by atoms with van der Waals surface area (Å²) in [6.07, 6.45) is 1.31. The van der Waals surface area contributed by atoms with Crippen LogP contribution in [0.4, 0.5) is 5.82 Å². The summed E-state index contributed by atoms with van der Waals surface area (Å²) in [4.78, 5) is 28.8. The van der Waals surface area contributed by atoms with Gasteiger partial charge < -0.3 is 16.0 Å². The average molecular weight is 333 g/mol.